The summed E-state index contributed by atoms with van der Waals surface area (Å²) in [4.78, 5) is 0.333. The summed E-state index contributed by atoms with van der Waals surface area (Å²) in [7, 11) is -1.51. The third-order valence-corrected chi connectivity index (χ3v) is 6.37. The molecule has 0 aromatic heterocycles. The van der Waals surface area contributed by atoms with Crippen LogP contribution >= 0.6 is 0 Å². The van der Waals surface area contributed by atoms with E-state index in [2.05, 4.69) is 21.3 Å². The number of rotatable bonds is 6. The fourth-order valence-corrected chi connectivity index (χ4v) is 4.28. The molecule has 0 aliphatic carbocycles. The fraction of sp³-hybridized carbons (Fsp3) is 0.667. The Labute approximate surface area is 156 Å². The zero-order valence-corrected chi connectivity index (χ0v) is 16.3. The minimum Gasteiger partial charge on any atom is -0.365 e. The number of piperazine rings is 1. The molecule has 26 heavy (non-hydrogen) atoms. The van der Waals surface area contributed by atoms with Crippen molar-refractivity contribution in [3.05, 3.63) is 29.8 Å². The molecule has 3 unspecified atom stereocenters. The van der Waals surface area contributed by atoms with Crippen molar-refractivity contribution in [2.45, 2.75) is 36.2 Å². The molecule has 1 aromatic carbocycles. The first-order valence-electron chi connectivity index (χ1n) is 9.23. The van der Waals surface area contributed by atoms with E-state index in [1.54, 1.807) is 19.2 Å². The van der Waals surface area contributed by atoms with E-state index in [1.165, 1.54) is 19.1 Å². The van der Waals surface area contributed by atoms with Gasteiger partial charge in [-0.3, -0.25) is 10.6 Å². The number of piperidine rings is 1. The minimum atomic E-state index is -3.19. The Morgan fingerprint density at radius 1 is 1.19 bits per heavy atom. The maximum Gasteiger partial charge on any atom is 0.175 e. The van der Waals surface area contributed by atoms with Crippen molar-refractivity contribution in [1.82, 2.24) is 21.3 Å². The van der Waals surface area contributed by atoms with E-state index < -0.39 is 9.84 Å². The lowest BCUT2D eigenvalue weighted by atomic mass is 9.98. The summed E-state index contributed by atoms with van der Waals surface area (Å²) in [6, 6.07) is 6.98. The molecule has 2 fully saturated rings. The zero-order valence-electron chi connectivity index (χ0n) is 15.5. The molecule has 2 aliphatic heterocycles. The predicted molar refractivity (Wildman–Crippen MR) is 102 cm³/mol. The summed E-state index contributed by atoms with van der Waals surface area (Å²) in [6.45, 7) is 3.98. The molecule has 0 spiro atoms. The van der Waals surface area contributed by atoms with Gasteiger partial charge in [-0.1, -0.05) is 12.1 Å². The minimum absolute atomic E-state index is 0.0483. The number of ether oxygens (including phenoxy) is 1. The second-order valence-corrected chi connectivity index (χ2v) is 9.22. The van der Waals surface area contributed by atoms with E-state index in [4.69, 9.17) is 4.74 Å². The van der Waals surface area contributed by atoms with Gasteiger partial charge in [0.15, 0.2) is 9.84 Å². The lowest BCUT2D eigenvalue weighted by Gasteiger charge is -2.39. The first-order valence-corrected chi connectivity index (χ1v) is 11.1. The highest BCUT2D eigenvalue weighted by atomic mass is 32.2. The van der Waals surface area contributed by atoms with Crippen LogP contribution in [0.15, 0.2) is 29.2 Å². The number of benzene rings is 1. The summed E-state index contributed by atoms with van der Waals surface area (Å²) in [5, 5.41) is 14.0. The molecule has 0 amide bonds. The van der Waals surface area contributed by atoms with Crippen molar-refractivity contribution in [1.29, 1.82) is 0 Å². The van der Waals surface area contributed by atoms with Crippen molar-refractivity contribution < 1.29 is 13.2 Å². The summed E-state index contributed by atoms with van der Waals surface area (Å²) >= 11 is 0. The monoisotopic (exact) mass is 382 g/mol. The van der Waals surface area contributed by atoms with Gasteiger partial charge in [0.25, 0.3) is 0 Å². The molecular weight excluding hydrogens is 352 g/mol. The van der Waals surface area contributed by atoms with Crippen LogP contribution in [0.4, 0.5) is 0 Å². The molecule has 4 N–H and O–H groups in total. The Morgan fingerprint density at radius 3 is 2.50 bits per heavy atom. The molecule has 2 saturated heterocycles. The van der Waals surface area contributed by atoms with Crippen LogP contribution in [0.1, 0.15) is 24.4 Å². The van der Waals surface area contributed by atoms with Gasteiger partial charge < -0.3 is 15.4 Å². The third kappa shape index (κ3) is 5.03. The van der Waals surface area contributed by atoms with E-state index >= 15 is 0 Å². The maximum atomic E-state index is 11.7. The van der Waals surface area contributed by atoms with Crippen LogP contribution in [-0.2, 0) is 14.6 Å². The van der Waals surface area contributed by atoms with E-state index in [0.717, 1.165) is 31.7 Å². The van der Waals surface area contributed by atoms with Gasteiger partial charge in [-0.05, 0) is 56.1 Å². The van der Waals surface area contributed by atoms with Crippen LogP contribution < -0.4 is 21.3 Å². The van der Waals surface area contributed by atoms with Gasteiger partial charge in [0.1, 0.15) is 6.23 Å². The average molecular weight is 383 g/mol. The van der Waals surface area contributed by atoms with Gasteiger partial charge in [-0.25, -0.2) is 8.42 Å². The zero-order chi connectivity index (χ0) is 18.6. The van der Waals surface area contributed by atoms with Gasteiger partial charge in [0.2, 0.25) is 0 Å². The summed E-state index contributed by atoms with van der Waals surface area (Å²) < 4.78 is 28.9. The van der Waals surface area contributed by atoms with E-state index in [1.807, 2.05) is 12.1 Å². The molecule has 2 heterocycles. The highest BCUT2D eigenvalue weighted by molar-refractivity contribution is 7.90. The van der Waals surface area contributed by atoms with Gasteiger partial charge in [0.05, 0.1) is 17.1 Å². The number of hydrogen-bond donors (Lipinski definition) is 4. The second kappa shape index (κ2) is 8.77. The molecule has 2 aliphatic rings. The normalized spacial score (nSPS) is 28.2. The third-order valence-electron chi connectivity index (χ3n) is 5.24. The van der Waals surface area contributed by atoms with Crippen molar-refractivity contribution in [2.24, 2.45) is 5.92 Å². The predicted octanol–water partition coefficient (Wildman–Crippen LogP) is 0.212. The second-order valence-electron chi connectivity index (χ2n) is 7.20. The van der Waals surface area contributed by atoms with Crippen LogP contribution in [0.2, 0.25) is 0 Å². The molecule has 1 aromatic rings. The van der Waals surface area contributed by atoms with Gasteiger partial charge in [-0.15, -0.1) is 0 Å². The molecule has 8 heteroatoms. The smallest absolute Gasteiger partial charge is 0.175 e. The van der Waals surface area contributed by atoms with Crippen LogP contribution in [0.25, 0.3) is 0 Å². The molecule has 0 saturated carbocycles. The summed E-state index contributed by atoms with van der Waals surface area (Å²) in [5.41, 5.74) is 1.00. The van der Waals surface area contributed by atoms with Crippen LogP contribution in [0.5, 0.6) is 0 Å². The van der Waals surface area contributed by atoms with Crippen molar-refractivity contribution in [2.75, 3.05) is 39.5 Å². The molecule has 3 rings (SSSR count). The Balaban J connectivity index is 1.63. The standard InChI is InChI=1S/C18H30N4O3S/c1-25-18-17(14-3-5-15(6-4-14)26(2,23)24)22-16(12-21-18)20-11-13-7-9-19-10-8-13/h3-6,13,16-22H,7-12H2,1-2H3. The molecule has 0 radical (unpaired) electrons. The first kappa shape index (κ1) is 19.7. The van der Waals surface area contributed by atoms with Gasteiger partial charge in [-0.2, -0.15) is 0 Å². The topological polar surface area (TPSA) is 91.5 Å². The van der Waals surface area contributed by atoms with E-state index in [-0.39, 0.29) is 18.4 Å². The molecule has 0 bridgehead atoms. The first-order chi connectivity index (χ1) is 12.5. The summed E-state index contributed by atoms with van der Waals surface area (Å²) in [5.74, 6) is 0.714. The number of methoxy groups -OCH3 is 1. The number of hydrogen-bond acceptors (Lipinski definition) is 7. The SMILES string of the molecule is COC1NCC(NCC2CCNCC2)NC1c1ccc(S(C)(=O)=O)cc1. The summed E-state index contributed by atoms with van der Waals surface area (Å²) in [6.07, 6.45) is 3.64. The number of nitrogens with one attached hydrogen (secondary N) is 4. The van der Waals surface area contributed by atoms with Crippen molar-refractivity contribution >= 4 is 9.84 Å². The van der Waals surface area contributed by atoms with Gasteiger partial charge in [0, 0.05) is 19.9 Å². The lowest BCUT2D eigenvalue weighted by molar-refractivity contribution is 0.0116. The van der Waals surface area contributed by atoms with Crippen LogP contribution in [0.3, 0.4) is 0 Å². The van der Waals surface area contributed by atoms with Gasteiger partial charge >= 0.3 is 0 Å². The lowest BCUT2D eigenvalue weighted by Crippen LogP contribution is -2.62. The van der Waals surface area contributed by atoms with Crippen molar-refractivity contribution in [3.8, 4) is 0 Å². The Kier molecular flexibility index (Phi) is 6.65. The van der Waals surface area contributed by atoms with Crippen molar-refractivity contribution in [3.63, 3.8) is 0 Å². The highest BCUT2D eigenvalue weighted by Crippen LogP contribution is 2.22. The molecular formula is C18H30N4O3S. The molecule has 146 valence electrons. The Bertz CT molecular complexity index is 674. The highest BCUT2D eigenvalue weighted by Gasteiger charge is 2.31. The quantitative estimate of drug-likeness (QED) is 0.559. The molecule has 7 nitrogen and oxygen atoms in total. The van der Waals surface area contributed by atoms with E-state index in [9.17, 15) is 8.42 Å². The Morgan fingerprint density at radius 2 is 1.88 bits per heavy atom. The fourth-order valence-electron chi connectivity index (χ4n) is 3.65. The maximum absolute atomic E-state index is 11.7. The van der Waals surface area contributed by atoms with Crippen LogP contribution in [0, 0.1) is 5.92 Å². The molecule has 3 atom stereocenters. The van der Waals surface area contributed by atoms with E-state index in [0.29, 0.717) is 10.8 Å². The van der Waals surface area contributed by atoms with Crippen LogP contribution in [-0.4, -0.2) is 60.4 Å². The Hall–Kier alpha value is -1.03. The average Bonchev–Trinajstić information content (AvgIpc) is 2.66. The number of sulfone groups is 1. The largest absolute Gasteiger partial charge is 0.365 e.